The summed E-state index contributed by atoms with van der Waals surface area (Å²) in [5, 5.41) is 18.0. The fourth-order valence-corrected chi connectivity index (χ4v) is 3.91. The number of anilines is 1. The fraction of sp³-hybridized carbons (Fsp3) is 0.611. The van der Waals surface area contributed by atoms with Gasteiger partial charge in [-0.1, -0.05) is 6.07 Å². The molecule has 3 heterocycles. The van der Waals surface area contributed by atoms with E-state index in [1.165, 1.54) is 0 Å². The minimum absolute atomic E-state index is 0.185. The number of likely N-dealkylation sites (tertiary alicyclic amines) is 1. The van der Waals surface area contributed by atoms with Crippen LogP contribution in [0.4, 0.5) is 5.82 Å². The molecular weight excluding hydrogens is 304 g/mol. The molecule has 1 N–H and O–H groups in total. The van der Waals surface area contributed by atoms with Gasteiger partial charge in [-0.25, -0.2) is 4.98 Å². The Kier molecular flexibility index (Phi) is 5.31. The van der Waals surface area contributed by atoms with Crippen LogP contribution >= 0.6 is 0 Å². The maximum atomic E-state index is 12.3. The highest BCUT2D eigenvalue weighted by atomic mass is 16.3. The molecule has 3 rings (SSSR count). The second kappa shape index (κ2) is 7.63. The first kappa shape index (κ1) is 16.7. The number of hydrogen-bond acceptors (Lipinski definition) is 5. The molecule has 0 spiro atoms. The van der Waals surface area contributed by atoms with Crippen LogP contribution in [0, 0.1) is 17.2 Å². The molecule has 1 amide bonds. The summed E-state index contributed by atoms with van der Waals surface area (Å²) in [5.74, 6) is 1.57. The third kappa shape index (κ3) is 3.51. The number of carbonyl (C=O) groups excluding carboxylic acids is 1. The van der Waals surface area contributed by atoms with Crippen molar-refractivity contribution >= 4 is 11.7 Å². The SMILES string of the molecule is N#Cc1cccc(N2CC[C@@H]3[C@@H](CCC(=O)N3CCCCO)C2)n1. The highest BCUT2D eigenvalue weighted by Gasteiger charge is 2.39. The van der Waals surface area contributed by atoms with E-state index in [-0.39, 0.29) is 12.5 Å². The minimum atomic E-state index is 0.185. The molecule has 0 radical (unpaired) electrons. The molecule has 1 aromatic rings. The number of aliphatic hydroxyl groups excluding tert-OH is 1. The lowest BCUT2D eigenvalue weighted by Gasteiger charge is -2.47. The Bertz CT molecular complexity index is 628. The molecular formula is C18H24N4O2. The summed E-state index contributed by atoms with van der Waals surface area (Å²) in [5.41, 5.74) is 0.444. The summed E-state index contributed by atoms with van der Waals surface area (Å²) >= 11 is 0. The van der Waals surface area contributed by atoms with E-state index in [0.717, 1.165) is 51.1 Å². The van der Waals surface area contributed by atoms with Crippen molar-refractivity contribution in [3.63, 3.8) is 0 Å². The number of rotatable bonds is 5. The molecule has 2 atom stereocenters. The van der Waals surface area contributed by atoms with Crippen LogP contribution in [0.5, 0.6) is 0 Å². The Hall–Kier alpha value is -2.13. The van der Waals surface area contributed by atoms with E-state index in [2.05, 4.69) is 16.0 Å². The Morgan fingerprint density at radius 3 is 3.00 bits per heavy atom. The van der Waals surface area contributed by atoms with E-state index in [4.69, 9.17) is 10.4 Å². The van der Waals surface area contributed by atoms with Crippen molar-refractivity contribution < 1.29 is 9.90 Å². The lowest BCUT2D eigenvalue weighted by atomic mass is 9.83. The number of amides is 1. The van der Waals surface area contributed by atoms with Crippen LogP contribution in [-0.4, -0.2) is 53.2 Å². The zero-order valence-electron chi connectivity index (χ0n) is 13.9. The average molecular weight is 328 g/mol. The Morgan fingerprint density at radius 1 is 1.33 bits per heavy atom. The molecule has 2 aliphatic rings. The molecule has 2 fully saturated rings. The normalized spacial score (nSPS) is 23.8. The zero-order chi connectivity index (χ0) is 16.9. The molecule has 0 aliphatic carbocycles. The smallest absolute Gasteiger partial charge is 0.222 e. The predicted octanol–water partition coefficient (Wildman–Crippen LogP) is 1.54. The Balaban J connectivity index is 1.67. The number of fused-ring (bicyclic) bond motifs is 1. The van der Waals surface area contributed by atoms with Crippen LogP contribution in [0.2, 0.25) is 0 Å². The molecule has 1 aromatic heterocycles. The molecule has 6 heteroatoms. The molecule has 2 aliphatic heterocycles. The van der Waals surface area contributed by atoms with Gasteiger partial charge in [-0.3, -0.25) is 4.79 Å². The lowest BCUT2D eigenvalue weighted by Crippen LogP contribution is -2.56. The lowest BCUT2D eigenvalue weighted by molar-refractivity contribution is -0.139. The van der Waals surface area contributed by atoms with Crippen molar-refractivity contribution in [1.29, 1.82) is 5.26 Å². The van der Waals surface area contributed by atoms with Gasteiger partial charge in [0.05, 0.1) is 0 Å². The topological polar surface area (TPSA) is 80.5 Å². The number of unbranched alkanes of at least 4 members (excludes halogenated alkanes) is 1. The number of pyridine rings is 1. The first-order valence-electron chi connectivity index (χ1n) is 8.75. The third-order valence-corrected chi connectivity index (χ3v) is 5.12. The predicted molar refractivity (Wildman–Crippen MR) is 90.3 cm³/mol. The minimum Gasteiger partial charge on any atom is -0.396 e. The van der Waals surface area contributed by atoms with Gasteiger partial charge in [0.25, 0.3) is 0 Å². The molecule has 6 nitrogen and oxygen atoms in total. The summed E-state index contributed by atoms with van der Waals surface area (Å²) in [7, 11) is 0. The van der Waals surface area contributed by atoms with Gasteiger partial charge in [0.1, 0.15) is 17.6 Å². The molecule has 24 heavy (non-hydrogen) atoms. The fourth-order valence-electron chi connectivity index (χ4n) is 3.91. The largest absolute Gasteiger partial charge is 0.396 e. The van der Waals surface area contributed by atoms with E-state index < -0.39 is 0 Å². The number of aliphatic hydroxyl groups is 1. The van der Waals surface area contributed by atoms with Gasteiger partial charge in [-0.2, -0.15) is 5.26 Å². The van der Waals surface area contributed by atoms with Crippen LogP contribution in [-0.2, 0) is 4.79 Å². The monoisotopic (exact) mass is 328 g/mol. The zero-order valence-corrected chi connectivity index (χ0v) is 13.9. The van der Waals surface area contributed by atoms with Crippen LogP contribution in [0.1, 0.15) is 37.8 Å². The molecule has 0 bridgehead atoms. The summed E-state index contributed by atoms with van der Waals surface area (Å²) in [6.45, 7) is 2.68. The second-order valence-corrected chi connectivity index (χ2v) is 6.61. The number of hydrogen-bond donors (Lipinski definition) is 1. The molecule has 2 saturated heterocycles. The van der Waals surface area contributed by atoms with Gasteiger partial charge in [0, 0.05) is 38.7 Å². The standard InChI is InChI=1S/C18H24N4O2/c19-12-15-4-3-5-17(20-15)21-10-8-16-14(13-21)6-7-18(24)22(16)9-1-2-11-23/h3-5,14,16,23H,1-2,6-11,13H2/t14-,16+/m0/s1. The van der Waals surface area contributed by atoms with Gasteiger partial charge >= 0.3 is 0 Å². The summed E-state index contributed by atoms with van der Waals surface area (Å²) < 4.78 is 0. The second-order valence-electron chi connectivity index (χ2n) is 6.61. The Labute approximate surface area is 142 Å². The maximum absolute atomic E-state index is 12.3. The summed E-state index contributed by atoms with van der Waals surface area (Å²) in [6.07, 6.45) is 4.08. The molecule has 0 saturated carbocycles. The van der Waals surface area contributed by atoms with Crippen LogP contribution in [0.15, 0.2) is 18.2 Å². The summed E-state index contributed by atoms with van der Waals surface area (Å²) in [4.78, 5) is 21.0. The van der Waals surface area contributed by atoms with Crippen LogP contribution < -0.4 is 4.90 Å². The molecule has 0 unspecified atom stereocenters. The van der Waals surface area contributed by atoms with Crippen LogP contribution in [0.3, 0.4) is 0 Å². The first-order valence-corrected chi connectivity index (χ1v) is 8.75. The Morgan fingerprint density at radius 2 is 2.21 bits per heavy atom. The number of nitriles is 1. The van der Waals surface area contributed by atoms with Crippen molar-refractivity contribution in [2.45, 2.75) is 38.1 Å². The molecule has 0 aromatic carbocycles. The van der Waals surface area contributed by atoms with E-state index in [1.54, 1.807) is 6.07 Å². The third-order valence-electron chi connectivity index (χ3n) is 5.12. The first-order chi connectivity index (χ1) is 11.7. The van der Waals surface area contributed by atoms with Gasteiger partial charge in [-0.15, -0.1) is 0 Å². The van der Waals surface area contributed by atoms with Gasteiger partial charge in [-0.05, 0) is 43.7 Å². The quantitative estimate of drug-likeness (QED) is 0.829. The van der Waals surface area contributed by atoms with Crippen molar-refractivity contribution in [1.82, 2.24) is 9.88 Å². The number of nitrogens with zero attached hydrogens (tertiary/aromatic N) is 4. The number of aromatic nitrogens is 1. The molecule has 128 valence electrons. The van der Waals surface area contributed by atoms with E-state index in [9.17, 15) is 4.79 Å². The average Bonchev–Trinajstić information content (AvgIpc) is 2.63. The van der Waals surface area contributed by atoms with Gasteiger partial charge < -0.3 is 14.9 Å². The number of piperidine rings is 2. The van der Waals surface area contributed by atoms with Gasteiger partial charge in [0.15, 0.2) is 0 Å². The van der Waals surface area contributed by atoms with Crippen molar-refractivity contribution in [3.8, 4) is 6.07 Å². The van der Waals surface area contributed by atoms with E-state index >= 15 is 0 Å². The van der Waals surface area contributed by atoms with E-state index in [0.29, 0.717) is 24.1 Å². The highest BCUT2D eigenvalue weighted by molar-refractivity contribution is 5.77. The maximum Gasteiger partial charge on any atom is 0.222 e. The van der Waals surface area contributed by atoms with Crippen molar-refractivity contribution in [2.24, 2.45) is 5.92 Å². The van der Waals surface area contributed by atoms with Crippen molar-refractivity contribution in [3.05, 3.63) is 23.9 Å². The number of carbonyl (C=O) groups is 1. The summed E-state index contributed by atoms with van der Waals surface area (Å²) in [6, 6.07) is 7.95. The highest BCUT2D eigenvalue weighted by Crippen LogP contribution is 2.33. The van der Waals surface area contributed by atoms with Gasteiger partial charge in [0.2, 0.25) is 5.91 Å². The van der Waals surface area contributed by atoms with E-state index in [1.807, 2.05) is 17.0 Å². The van der Waals surface area contributed by atoms with Crippen LogP contribution in [0.25, 0.3) is 0 Å². The van der Waals surface area contributed by atoms with Crippen molar-refractivity contribution in [2.75, 3.05) is 31.1 Å².